The second kappa shape index (κ2) is 12.4. The number of carbonyl (C=O) groups is 1. The quantitative estimate of drug-likeness (QED) is 0.683. The van der Waals surface area contributed by atoms with Crippen molar-refractivity contribution < 1.29 is 4.79 Å². The summed E-state index contributed by atoms with van der Waals surface area (Å²) in [5.41, 5.74) is 8.50. The van der Waals surface area contributed by atoms with Gasteiger partial charge < -0.3 is 11.1 Å². The molecule has 1 atom stereocenters. The van der Waals surface area contributed by atoms with Gasteiger partial charge in [-0.1, -0.05) is 31.2 Å². The molecule has 1 amide bonds. The average Bonchev–Trinajstić information content (AvgIpc) is 3.10. The molecule has 156 valence electrons. The van der Waals surface area contributed by atoms with Crippen LogP contribution in [0.15, 0.2) is 29.6 Å². The SMILES string of the molecule is CC1CCCN(Cc2ccccc2CNC(=O)c2csc(CCN)n2)C1.Cl.Cl. The lowest BCUT2D eigenvalue weighted by Crippen LogP contribution is -2.34. The third-order valence-electron chi connectivity index (χ3n) is 4.84. The number of nitrogens with one attached hydrogen (secondary N) is 1. The molecule has 3 rings (SSSR count). The lowest BCUT2D eigenvalue weighted by Gasteiger charge is -2.31. The molecule has 0 spiro atoms. The first-order valence-electron chi connectivity index (χ1n) is 9.37. The van der Waals surface area contributed by atoms with Gasteiger partial charge in [0.2, 0.25) is 0 Å². The summed E-state index contributed by atoms with van der Waals surface area (Å²) in [6.07, 6.45) is 3.32. The van der Waals surface area contributed by atoms with Crippen molar-refractivity contribution >= 4 is 42.1 Å². The molecule has 1 saturated heterocycles. The van der Waals surface area contributed by atoms with Crippen LogP contribution in [0.25, 0.3) is 0 Å². The van der Waals surface area contributed by atoms with Crippen molar-refractivity contribution in [3.05, 3.63) is 51.5 Å². The first-order chi connectivity index (χ1) is 12.7. The topological polar surface area (TPSA) is 71.2 Å². The van der Waals surface area contributed by atoms with E-state index >= 15 is 0 Å². The van der Waals surface area contributed by atoms with Gasteiger partial charge in [0.25, 0.3) is 5.91 Å². The largest absolute Gasteiger partial charge is 0.347 e. The Morgan fingerprint density at radius 2 is 2.07 bits per heavy atom. The van der Waals surface area contributed by atoms with Crippen LogP contribution in [0.1, 0.15) is 46.4 Å². The van der Waals surface area contributed by atoms with Crippen LogP contribution in [0.5, 0.6) is 0 Å². The van der Waals surface area contributed by atoms with Crippen molar-refractivity contribution in [2.75, 3.05) is 19.6 Å². The number of carbonyl (C=O) groups excluding carboxylic acids is 1. The maximum Gasteiger partial charge on any atom is 0.271 e. The van der Waals surface area contributed by atoms with Gasteiger partial charge in [0.05, 0.1) is 5.01 Å². The molecule has 1 aromatic heterocycles. The summed E-state index contributed by atoms with van der Waals surface area (Å²) in [6, 6.07) is 8.38. The molecule has 0 saturated carbocycles. The Kier molecular flexibility index (Phi) is 11.0. The van der Waals surface area contributed by atoms with Crippen molar-refractivity contribution in [2.45, 2.75) is 39.3 Å². The number of piperidine rings is 1. The smallest absolute Gasteiger partial charge is 0.271 e. The molecule has 0 radical (unpaired) electrons. The summed E-state index contributed by atoms with van der Waals surface area (Å²) in [6.45, 7) is 6.68. The zero-order chi connectivity index (χ0) is 18.4. The van der Waals surface area contributed by atoms with E-state index in [-0.39, 0.29) is 30.7 Å². The fraction of sp³-hybridized carbons (Fsp3) is 0.500. The second-order valence-corrected chi connectivity index (χ2v) is 8.04. The predicted molar refractivity (Wildman–Crippen MR) is 121 cm³/mol. The van der Waals surface area contributed by atoms with Gasteiger partial charge in [0, 0.05) is 31.4 Å². The summed E-state index contributed by atoms with van der Waals surface area (Å²) < 4.78 is 0. The van der Waals surface area contributed by atoms with E-state index in [1.165, 1.54) is 35.3 Å². The molecule has 3 N–H and O–H groups in total. The highest BCUT2D eigenvalue weighted by Crippen LogP contribution is 2.19. The minimum absolute atomic E-state index is 0. The molecule has 1 fully saturated rings. The normalized spacial score (nSPS) is 16.7. The molecule has 5 nitrogen and oxygen atoms in total. The van der Waals surface area contributed by atoms with Gasteiger partial charge in [-0.3, -0.25) is 9.69 Å². The number of nitrogens with two attached hydrogens (primary N) is 1. The first-order valence-corrected chi connectivity index (χ1v) is 10.3. The van der Waals surface area contributed by atoms with Crippen molar-refractivity contribution in [1.82, 2.24) is 15.2 Å². The third-order valence-corrected chi connectivity index (χ3v) is 5.74. The average molecular weight is 445 g/mol. The molecule has 2 heterocycles. The van der Waals surface area contributed by atoms with E-state index in [0.29, 0.717) is 18.8 Å². The molecular formula is C20H30Cl2N4OS. The third kappa shape index (κ3) is 7.01. The van der Waals surface area contributed by atoms with E-state index in [9.17, 15) is 4.79 Å². The molecule has 0 bridgehead atoms. The van der Waals surface area contributed by atoms with Gasteiger partial charge in [0.1, 0.15) is 5.69 Å². The second-order valence-electron chi connectivity index (χ2n) is 7.10. The van der Waals surface area contributed by atoms with Gasteiger partial charge in [-0.05, 0) is 43.0 Å². The Bertz CT molecular complexity index is 741. The Morgan fingerprint density at radius 1 is 1.32 bits per heavy atom. The number of hydrogen-bond donors (Lipinski definition) is 2. The van der Waals surface area contributed by atoms with Crippen LogP contribution in [0.4, 0.5) is 0 Å². The van der Waals surface area contributed by atoms with Crippen molar-refractivity contribution in [3.63, 3.8) is 0 Å². The number of hydrogen-bond acceptors (Lipinski definition) is 5. The van der Waals surface area contributed by atoms with E-state index in [0.717, 1.165) is 37.0 Å². The molecule has 1 aliphatic heterocycles. The highest BCUT2D eigenvalue weighted by atomic mass is 35.5. The van der Waals surface area contributed by atoms with Crippen molar-refractivity contribution in [3.8, 4) is 0 Å². The number of halogens is 2. The van der Waals surface area contributed by atoms with E-state index in [1.54, 1.807) is 5.38 Å². The van der Waals surface area contributed by atoms with Gasteiger partial charge in [-0.15, -0.1) is 36.2 Å². The minimum Gasteiger partial charge on any atom is -0.347 e. The number of nitrogens with zero attached hydrogens (tertiary/aromatic N) is 2. The Hall–Kier alpha value is -1.18. The van der Waals surface area contributed by atoms with Gasteiger partial charge in [-0.2, -0.15) is 0 Å². The monoisotopic (exact) mass is 444 g/mol. The Labute approximate surface area is 183 Å². The van der Waals surface area contributed by atoms with E-state index in [4.69, 9.17) is 5.73 Å². The maximum absolute atomic E-state index is 12.4. The number of aromatic nitrogens is 1. The molecule has 1 aromatic carbocycles. The summed E-state index contributed by atoms with van der Waals surface area (Å²) in [4.78, 5) is 19.2. The Morgan fingerprint density at radius 3 is 2.79 bits per heavy atom. The van der Waals surface area contributed by atoms with E-state index in [2.05, 4.69) is 40.3 Å². The molecule has 1 unspecified atom stereocenters. The summed E-state index contributed by atoms with van der Waals surface area (Å²) in [5.74, 6) is 0.647. The van der Waals surface area contributed by atoms with Crippen molar-refractivity contribution in [2.24, 2.45) is 11.7 Å². The van der Waals surface area contributed by atoms with E-state index < -0.39 is 0 Å². The van der Waals surface area contributed by atoms with Crippen LogP contribution in [0, 0.1) is 5.92 Å². The molecule has 0 aliphatic carbocycles. The fourth-order valence-electron chi connectivity index (χ4n) is 3.47. The number of amides is 1. The highest BCUT2D eigenvalue weighted by Gasteiger charge is 2.17. The maximum atomic E-state index is 12.4. The summed E-state index contributed by atoms with van der Waals surface area (Å²) in [5, 5.41) is 5.73. The Balaban J connectivity index is 0.00000196. The zero-order valence-corrected chi connectivity index (χ0v) is 18.7. The lowest BCUT2D eigenvalue weighted by molar-refractivity contribution is 0.0946. The molecule has 1 aliphatic rings. The number of likely N-dealkylation sites (tertiary alicyclic amines) is 1. The van der Waals surface area contributed by atoms with Crippen LogP contribution in [-0.2, 0) is 19.5 Å². The zero-order valence-electron chi connectivity index (χ0n) is 16.2. The van der Waals surface area contributed by atoms with Crippen LogP contribution >= 0.6 is 36.2 Å². The molecule has 2 aromatic rings. The van der Waals surface area contributed by atoms with Crippen LogP contribution in [-0.4, -0.2) is 35.4 Å². The van der Waals surface area contributed by atoms with Gasteiger partial charge >= 0.3 is 0 Å². The molecule has 8 heteroatoms. The minimum atomic E-state index is -0.120. The van der Waals surface area contributed by atoms with Crippen LogP contribution in [0.2, 0.25) is 0 Å². The standard InChI is InChI=1S/C20H28N4OS.2ClH/c1-15-5-4-10-24(12-15)13-17-7-3-2-6-16(17)11-22-20(25)18-14-26-19(23-18)8-9-21;;/h2-3,6-7,14-15H,4-5,8-13,21H2,1H3,(H,22,25);2*1H. The van der Waals surface area contributed by atoms with Gasteiger partial charge in [-0.25, -0.2) is 4.98 Å². The van der Waals surface area contributed by atoms with Gasteiger partial charge in [0.15, 0.2) is 0 Å². The first kappa shape index (κ1) is 24.9. The summed E-state index contributed by atoms with van der Waals surface area (Å²) >= 11 is 1.49. The fourth-order valence-corrected chi connectivity index (χ4v) is 4.27. The van der Waals surface area contributed by atoms with Crippen molar-refractivity contribution in [1.29, 1.82) is 0 Å². The molecule has 28 heavy (non-hydrogen) atoms. The lowest BCUT2D eigenvalue weighted by atomic mass is 9.99. The van der Waals surface area contributed by atoms with Crippen LogP contribution < -0.4 is 11.1 Å². The molecular weight excluding hydrogens is 415 g/mol. The number of thiazole rings is 1. The number of rotatable bonds is 7. The summed E-state index contributed by atoms with van der Waals surface area (Å²) in [7, 11) is 0. The highest BCUT2D eigenvalue weighted by molar-refractivity contribution is 7.09. The predicted octanol–water partition coefficient (Wildman–Crippen LogP) is 3.65. The van der Waals surface area contributed by atoms with Crippen LogP contribution in [0.3, 0.4) is 0 Å². The van der Waals surface area contributed by atoms with E-state index in [1.807, 2.05) is 6.07 Å². The number of benzene rings is 1.